The van der Waals surface area contributed by atoms with E-state index in [0.717, 1.165) is 11.5 Å². The van der Waals surface area contributed by atoms with Crippen LogP contribution in [0.1, 0.15) is 18.1 Å². The molecule has 0 unspecified atom stereocenters. The molecule has 0 amide bonds. The molecule has 4 aromatic rings. The van der Waals surface area contributed by atoms with Gasteiger partial charge in [-0.2, -0.15) is 0 Å². The number of allylic oxidation sites excluding steroid dienone is 1. The highest BCUT2D eigenvalue weighted by molar-refractivity contribution is 6.82. The first-order chi connectivity index (χ1) is 14.0. The summed E-state index contributed by atoms with van der Waals surface area (Å²) < 4.78 is 8.49. The van der Waals surface area contributed by atoms with Crippen LogP contribution in [0.5, 0.6) is 0 Å². The molecule has 3 heterocycles. The van der Waals surface area contributed by atoms with Crippen molar-refractivity contribution in [3.8, 4) is 11.1 Å². The molecule has 1 aliphatic heterocycles. The Morgan fingerprint density at radius 1 is 0.966 bits per heavy atom. The van der Waals surface area contributed by atoms with Gasteiger partial charge in [0, 0.05) is 22.6 Å². The van der Waals surface area contributed by atoms with E-state index in [2.05, 4.69) is 98.1 Å². The van der Waals surface area contributed by atoms with E-state index in [1.54, 1.807) is 0 Å². The number of furan rings is 1. The molecule has 2 aromatic heterocycles. The van der Waals surface area contributed by atoms with Crippen molar-refractivity contribution in [2.24, 2.45) is 7.05 Å². The Hall–Kier alpha value is -3.27. The summed E-state index contributed by atoms with van der Waals surface area (Å²) in [5, 5.41) is 1.17. The van der Waals surface area contributed by atoms with Gasteiger partial charge >= 0.3 is 6.85 Å². The van der Waals surface area contributed by atoms with Crippen molar-refractivity contribution >= 4 is 35.4 Å². The van der Waals surface area contributed by atoms with Crippen LogP contribution in [-0.4, -0.2) is 13.9 Å². The smallest absolute Gasteiger partial charge is 0.401 e. The van der Waals surface area contributed by atoms with Crippen molar-refractivity contribution in [3.05, 3.63) is 83.5 Å². The first-order valence-electron chi connectivity index (χ1n) is 10.0. The number of aryl methyl sites for hydroxylation is 2. The van der Waals surface area contributed by atoms with Crippen LogP contribution in [0, 0.1) is 6.92 Å². The molecule has 4 heteroatoms. The fourth-order valence-electron chi connectivity index (χ4n) is 4.58. The zero-order valence-corrected chi connectivity index (χ0v) is 17.3. The standard InChI is InChI=1S/C25H24BN2O/c1-17-14-24(27(3)16-22(17)19-10-6-5-7-11-19)26-18(2)15-21-20-12-8-9-13-23(20)29-25(21)28(26)4/h5-16H,1-4H3/q+1. The lowest BCUT2D eigenvalue weighted by atomic mass is 9.49. The van der Waals surface area contributed by atoms with Crippen LogP contribution in [0.3, 0.4) is 0 Å². The summed E-state index contributed by atoms with van der Waals surface area (Å²) in [7, 11) is 4.26. The molecule has 5 rings (SSSR count). The van der Waals surface area contributed by atoms with Gasteiger partial charge in [-0.1, -0.05) is 60.1 Å². The maximum absolute atomic E-state index is 6.24. The minimum absolute atomic E-state index is 0.136. The third-order valence-corrected chi connectivity index (χ3v) is 6.01. The number of rotatable bonds is 2. The average Bonchev–Trinajstić information content (AvgIpc) is 3.10. The van der Waals surface area contributed by atoms with Gasteiger partial charge in [0.15, 0.2) is 17.7 Å². The quantitative estimate of drug-likeness (QED) is 0.377. The molecule has 0 saturated heterocycles. The number of pyridine rings is 1. The third-order valence-electron chi connectivity index (χ3n) is 6.01. The fourth-order valence-corrected chi connectivity index (χ4v) is 4.58. The fraction of sp³-hybridized carbons (Fsp3) is 0.160. The second kappa shape index (κ2) is 6.66. The molecule has 3 nitrogen and oxygen atoms in total. The number of para-hydroxylation sites is 1. The summed E-state index contributed by atoms with van der Waals surface area (Å²) in [6, 6.07) is 21.2. The number of hydrogen-bond acceptors (Lipinski definition) is 2. The summed E-state index contributed by atoms with van der Waals surface area (Å²) in [5.74, 6) is 0.937. The third kappa shape index (κ3) is 2.79. The molecule has 0 saturated carbocycles. The van der Waals surface area contributed by atoms with Gasteiger partial charge in [-0.3, -0.25) is 0 Å². The van der Waals surface area contributed by atoms with Crippen LogP contribution < -0.4 is 15.0 Å². The summed E-state index contributed by atoms with van der Waals surface area (Å²) in [6.07, 6.45) is 4.53. The Morgan fingerprint density at radius 3 is 2.48 bits per heavy atom. The molecular weight excluding hydrogens is 355 g/mol. The van der Waals surface area contributed by atoms with Crippen LogP contribution in [0.4, 0.5) is 5.88 Å². The molecule has 2 aromatic carbocycles. The van der Waals surface area contributed by atoms with Gasteiger partial charge < -0.3 is 9.23 Å². The molecule has 29 heavy (non-hydrogen) atoms. The van der Waals surface area contributed by atoms with Gasteiger partial charge in [-0.15, -0.1) is 0 Å². The molecule has 0 aliphatic carbocycles. The highest BCUT2D eigenvalue weighted by Gasteiger charge is 2.39. The highest BCUT2D eigenvalue weighted by Crippen LogP contribution is 2.38. The molecular formula is C25H24BN2O+. The molecule has 1 aliphatic rings. The van der Waals surface area contributed by atoms with Crippen molar-refractivity contribution in [1.29, 1.82) is 0 Å². The molecule has 0 bridgehead atoms. The zero-order valence-electron chi connectivity index (χ0n) is 17.3. The summed E-state index contributed by atoms with van der Waals surface area (Å²) >= 11 is 0. The minimum Gasteiger partial charge on any atom is -0.441 e. The van der Waals surface area contributed by atoms with E-state index in [9.17, 15) is 0 Å². The van der Waals surface area contributed by atoms with Crippen molar-refractivity contribution in [2.45, 2.75) is 13.8 Å². The Balaban J connectivity index is 1.62. The van der Waals surface area contributed by atoms with E-state index in [4.69, 9.17) is 4.42 Å². The molecule has 0 N–H and O–H groups in total. The van der Waals surface area contributed by atoms with Gasteiger partial charge in [0.2, 0.25) is 0 Å². The van der Waals surface area contributed by atoms with Crippen LogP contribution >= 0.6 is 0 Å². The molecule has 142 valence electrons. The van der Waals surface area contributed by atoms with E-state index in [1.807, 2.05) is 12.1 Å². The molecule has 0 fully saturated rings. The van der Waals surface area contributed by atoms with E-state index in [1.165, 1.54) is 38.7 Å². The van der Waals surface area contributed by atoms with Crippen molar-refractivity contribution in [2.75, 3.05) is 11.9 Å². The Labute approximate surface area is 172 Å². The number of hydrogen-bond donors (Lipinski definition) is 0. The first-order valence-corrected chi connectivity index (χ1v) is 10.0. The number of benzene rings is 2. The van der Waals surface area contributed by atoms with Gasteiger partial charge in [0.1, 0.15) is 12.6 Å². The number of nitrogens with zero attached hydrogens (tertiary/aromatic N) is 2. The summed E-state index contributed by atoms with van der Waals surface area (Å²) in [4.78, 5) is 2.27. The lowest BCUT2D eigenvalue weighted by Crippen LogP contribution is -2.62. The predicted octanol–water partition coefficient (Wildman–Crippen LogP) is 4.52. The average molecular weight is 379 g/mol. The zero-order chi connectivity index (χ0) is 20.1. The second-order valence-electron chi connectivity index (χ2n) is 7.99. The lowest BCUT2D eigenvalue weighted by Gasteiger charge is -2.28. The van der Waals surface area contributed by atoms with Crippen LogP contribution in [0.25, 0.3) is 28.2 Å². The predicted molar refractivity (Wildman–Crippen MR) is 121 cm³/mol. The second-order valence-corrected chi connectivity index (χ2v) is 7.99. The molecule has 0 atom stereocenters. The maximum atomic E-state index is 6.24. The molecule has 0 radical (unpaired) electrons. The van der Waals surface area contributed by atoms with Crippen molar-refractivity contribution in [3.63, 3.8) is 0 Å². The van der Waals surface area contributed by atoms with Gasteiger partial charge in [0.05, 0.1) is 0 Å². The van der Waals surface area contributed by atoms with Gasteiger partial charge in [-0.05, 0) is 38.1 Å². The lowest BCUT2D eigenvalue weighted by molar-refractivity contribution is -0.653. The Bertz CT molecular complexity index is 1260. The molecule has 0 spiro atoms. The number of fused-ring (bicyclic) bond motifs is 3. The van der Waals surface area contributed by atoms with Crippen LogP contribution in [0.15, 0.2) is 76.8 Å². The number of aromatic nitrogens is 1. The Morgan fingerprint density at radius 2 is 1.69 bits per heavy atom. The van der Waals surface area contributed by atoms with Crippen LogP contribution in [-0.2, 0) is 7.05 Å². The van der Waals surface area contributed by atoms with Gasteiger partial charge in [0.25, 0.3) is 0 Å². The van der Waals surface area contributed by atoms with Crippen molar-refractivity contribution in [1.82, 2.24) is 0 Å². The SMILES string of the molecule is CC1=Cc2c(oc3ccccc23)N(C)B1c1cc(C)c(-c2ccccc2)c[n+]1C. The Kier molecular flexibility index (Phi) is 4.09. The van der Waals surface area contributed by atoms with E-state index >= 15 is 0 Å². The minimum atomic E-state index is 0.136. The highest BCUT2D eigenvalue weighted by atomic mass is 16.4. The first kappa shape index (κ1) is 17.8. The van der Waals surface area contributed by atoms with E-state index < -0.39 is 0 Å². The summed E-state index contributed by atoms with van der Waals surface area (Å²) in [5.41, 5.74) is 8.47. The van der Waals surface area contributed by atoms with Crippen LogP contribution in [0.2, 0.25) is 0 Å². The monoisotopic (exact) mass is 379 g/mol. The summed E-state index contributed by atoms with van der Waals surface area (Å²) in [6.45, 7) is 4.55. The normalized spacial score (nSPS) is 13.6. The topological polar surface area (TPSA) is 20.3 Å². The van der Waals surface area contributed by atoms with Gasteiger partial charge in [-0.25, -0.2) is 4.57 Å². The maximum Gasteiger partial charge on any atom is 0.401 e. The van der Waals surface area contributed by atoms with Crippen molar-refractivity contribution < 1.29 is 8.98 Å². The number of anilines is 1. The largest absolute Gasteiger partial charge is 0.441 e. The van der Waals surface area contributed by atoms with E-state index in [0.29, 0.717) is 0 Å². The van der Waals surface area contributed by atoms with E-state index in [-0.39, 0.29) is 6.85 Å².